The van der Waals surface area contributed by atoms with E-state index in [-0.39, 0.29) is 5.41 Å². The van der Waals surface area contributed by atoms with E-state index in [9.17, 15) is 0 Å². The molecule has 27 heavy (non-hydrogen) atoms. The third-order valence-electron chi connectivity index (χ3n) is 6.93. The van der Waals surface area contributed by atoms with E-state index >= 15 is 0 Å². The Bertz CT molecular complexity index is 633. The molecule has 0 nitrogen and oxygen atoms in total. The summed E-state index contributed by atoms with van der Waals surface area (Å²) in [6.45, 7) is 9.51. The Labute approximate surface area is 175 Å². The summed E-state index contributed by atoms with van der Waals surface area (Å²) in [5, 5.41) is 4.70. The zero-order chi connectivity index (χ0) is 19.3. The molecule has 0 amide bonds. The van der Waals surface area contributed by atoms with E-state index in [0.717, 1.165) is 11.8 Å². The van der Waals surface area contributed by atoms with Crippen molar-refractivity contribution in [2.24, 2.45) is 11.8 Å². The smallest absolute Gasteiger partial charge is 0.0486 e. The molecule has 150 valence electrons. The van der Waals surface area contributed by atoms with Crippen LogP contribution in [0.2, 0.25) is 0 Å². The Balaban J connectivity index is 1.97. The highest BCUT2D eigenvalue weighted by atomic mass is 32.1. The van der Waals surface area contributed by atoms with Crippen molar-refractivity contribution in [2.75, 3.05) is 0 Å². The van der Waals surface area contributed by atoms with Crippen LogP contribution >= 0.6 is 22.7 Å². The molecular weight excluding hydrogens is 364 g/mol. The third-order valence-corrected chi connectivity index (χ3v) is 8.92. The van der Waals surface area contributed by atoms with Crippen molar-refractivity contribution in [1.82, 2.24) is 0 Å². The molecule has 1 aliphatic rings. The first-order valence-electron chi connectivity index (χ1n) is 11.4. The van der Waals surface area contributed by atoms with Crippen LogP contribution in [0.3, 0.4) is 0 Å². The largest absolute Gasteiger partial charge is 0.143 e. The van der Waals surface area contributed by atoms with Gasteiger partial charge in [0.2, 0.25) is 0 Å². The van der Waals surface area contributed by atoms with Crippen LogP contribution in [0.4, 0.5) is 0 Å². The molecule has 2 heterocycles. The first kappa shape index (κ1) is 21.1. The average molecular weight is 403 g/mol. The summed E-state index contributed by atoms with van der Waals surface area (Å²) >= 11 is 3.95. The summed E-state index contributed by atoms with van der Waals surface area (Å²) in [4.78, 5) is 3.19. The van der Waals surface area contributed by atoms with Crippen molar-refractivity contribution < 1.29 is 0 Å². The van der Waals surface area contributed by atoms with E-state index in [2.05, 4.69) is 50.6 Å². The van der Waals surface area contributed by atoms with E-state index in [0.29, 0.717) is 0 Å². The monoisotopic (exact) mass is 402 g/mol. The molecule has 0 spiro atoms. The summed E-state index contributed by atoms with van der Waals surface area (Å²) < 4.78 is 0. The van der Waals surface area contributed by atoms with E-state index in [1.165, 1.54) is 64.2 Å². The third kappa shape index (κ3) is 4.22. The maximum absolute atomic E-state index is 2.48. The van der Waals surface area contributed by atoms with Crippen LogP contribution in [0.1, 0.15) is 103 Å². The lowest BCUT2D eigenvalue weighted by Crippen LogP contribution is -2.31. The van der Waals surface area contributed by atoms with Gasteiger partial charge in [0, 0.05) is 15.2 Å². The van der Waals surface area contributed by atoms with Crippen molar-refractivity contribution >= 4 is 22.7 Å². The standard InChI is InChI=1S/C25H38S2/c1-5-9-11-19(7-3)17-25(18-20(8-4)12-10-6-2)21-13-15-26-23(21)24-22(25)14-16-27-24/h13-16,19-20H,5-12,17-18H2,1-4H3/t19-,20-/m1/s1. The minimum absolute atomic E-state index is 0.285. The van der Waals surface area contributed by atoms with Crippen LogP contribution in [0.15, 0.2) is 22.9 Å². The predicted octanol–water partition coefficient (Wildman–Crippen LogP) is 9.29. The molecule has 3 rings (SSSR count). The van der Waals surface area contributed by atoms with E-state index in [1.54, 1.807) is 20.9 Å². The van der Waals surface area contributed by atoms with E-state index in [4.69, 9.17) is 0 Å². The number of unbranched alkanes of at least 4 members (excludes halogenated alkanes) is 2. The Morgan fingerprint density at radius 1 is 0.741 bits per heavy atom. The summed E-state index contributed by atoms with van der Waals surface area (Å²) in [5.41, 5.74) is 3.64. The molecule has 0 saturated carbocycles. The summed E-state index contributed by atoms with van der Waals surface area (Å²) in [7, 11) is 0. The van der Waals surface area contributed by atoms with Gasteiger partial charge in [0.1, 0.15) is 0 Å². The lowest BCUT2D eigenvalue weighted by Gasteiger charge is -2.37. The van der Waals surface area contributed by atoms with Gasteiger partial charge in [-0.25, -0.2) is 0 Å². The highest BCUT2D eigenvalue weighted by molar-refractivity contribution is 7.21. The van der Waals surface area contributed by atoms with Gasteiger partial charge in [0.25, 0.3) is 0 Å². The van der Waals surface area contributed by atoms with Crippen molar-refractivity contribution in [3.63, 3.8) is 0 Å². The van der Waals surface area contributed by atoms with Crippen LogP contribution < -0.4 is 0 Å². The normalized spacial score (nSPS) is 16.9. The van der Waals surface area contributed by atoms with Crippen LogP contribution in [-0.4, -0.2) is 0 Å². The van der Waals surface area contributed by atoms with Gasteiger partial charge in [0.15, 0.2) is 0 Å². The first-order valence-corrected chi connectivity index (χ1v) is 13.1. The van der Waals surface area contributed by atoms with Gasteiger partial charge in [-0.1, -0.05) is 79.1 Å². The van der Waals surface area contributed by atoms with Crippen molar-refractivity contribution in [3.05, 3.63) is 34.0 Å². The summed E-state index contributed by atoms with van der Waals surface area (Å²) in [5.74, 6) is 1.71. The van der Waals surface area contributed by atoms with Gasteiger partial charge >= 0.3 is 0 Å². The Kier molecular flexibility index (Phi) is 7.62. The van der Waals surface area contributed by atoms with Gasteiger partial charge in [-0.2, -0.15) is 0 Å². The molecule has 0 aromatic carbocycles. The molecule has 0 N–H and O–H groups in total. The summed E-state index contributed by atoms with van der Waals surface area (Å²) in [6.07, 6.45) is 13.6. The molecule has 0 bridgehead atoms. The Hall–Kier alpha value is -0.600. The molecule has 0 fully saturated rings. The van der Waals surface area contributed by atoms with Gasteiger partial charge in [0.05, 0.1) is 0 Å². The van der Waals surface area contributed by atoms with E-state index in [1.807, 2.05) is 22.7 Å². The SMILES string of the molecule is CCCC[C@@H](CC)CC1(C[C@H](CC)CCCC)c2ccsc2-c2sccc21. The van der Waals surface area contributed by atoms with Gasteiger partial charge in [-0.15, -0.1) is 22.7 Å². The Morgan fingerprint density at radius 3 is 1.56 bits per heavy atom. The number of thiophene rings is 2. The zero-order valence-electron chi connectivity index (χ0n) is 17.9. The number of rotatable bonds is 12. The maximum atomic E-state index is 2.48. The predicted molar refractivity (Wildman–Crippen MR) is 124 cm³/mol. The minimum atomic E-state index is 0.285. The molecule has 0 saturated heterocycles. The molecule has 2 aromatic heterocycles. The molecule has 0 radical (unpaired) electrons. The molecular formula is C25H38S2. The van der Waals surface area contributed by atoms with Crippen molar-refractivity contribution in [2.45, 2.75) is 97.3 Å². The highest BCUT2D eigenvalue weighted by Crippen LogP contribution is 2.59. The topological polar surface area (TPSA) is 0 Å². The van der Waals surface area contributed by atoms with Crippen LogP contribution in [0.25, 0.3) is 9.75 Å². The molecule has 2 heteroatoms. The number of hydrogen-bond acceptors (Lipinski definition) is 2. The fourth-order valence-electron chi connectivity index (χ4n) is 5.26. The lowest BCUT2D eigenvalue weighted by atomic mass is 9.66. The second-order valence-corrected chi connectivity index (χ2v) is 10.5. The first-order chi connectivity index (χ1) is 13.2. The second-order valence-electron chi connectivity index (χ2n) is 8.65. The quantitative estimate of drug-likeness (QED) is 0.332. The zero-order valence-corrected chi connectivity index (χ0v) is 19.5. The van der Waals surface area contributed by atoms with Crippen molar-refractivity contribution in [3.8, 4) is 9.75 Å². The van der Waals surface area contributed by atoms with Crippen molar-refractivity contribution in [1.29, 1.82) is 0 Å². The minimum Gasteiger partial charge on any atom is -0.143 e. The lowest BCUT2D eigenvalue weighted by molar-refractivity contribution is 0.266. The molecule has 0 unspecified atom stereocenters. The van der Waals surface area contributed by atoms with Gasteiger partial charge in [-0.3, -0.25) is 0 Å². The van der Waals surface area contributed by atoms with Crippen LogP contribution in [-0.2, 0) is 5.41 Å². The molecule has 2 atom stereocenters. The molecule has 1 aliphatic carbocycles. The number of fused-ring (bicyclic) bond motifs is 3. The number of hydrogen-bond donors (Lipinski definition) is 0. The van der Waals surface area contributed by atoms with Gasteiger partial charge < -0.3 is 0 Å². The van der Waals surface area contributed by atoms with Crippen LogP contribution in [0.5, 0.6) is 0 Å². The van der Waals surface area contributed by atoms with E-state index < -0.39 is 0 Å². The highest BCUT2D eigenvalue weighted by Gasteiger charge is 2.46. The second kappa shape index (κ2) is 9.74. The average Bonchev–Trinajstić information content (AvgIpc) is 3.39. The summed E-state index contributed by atoms with van der Waals surface area (Å²) in [6, 6.07) is 4.96. The molecule has 2 aromatic rings. The van der Waals surface area contributed by atoms with Crippen LogP contribution in [0, 0.1) is 11.8 Å². The maximum Gasteiger partial charge on any atom is 0.0486 e. The Morgan fingerprint density at radius 2 is 1.19 bits per heavy atom. The van der Waals surface area contributed by atoms with Gasteiger partial charge in [-0.05, 0) is 58.7 Å². The molecule has 0 aliphatic heterocycles. The fourth-order valence-corrected chi connectivity index (χ4v) is 7.45. The fraction of sp³-hybridized carbons (Fsp3) is 0.680.